The molecule has 2 aliphatic heterocycles. The molecule has 2 fully saturated rings. The van der Waals surface area contributed by atoms with Crippen LogP contribution in [0.5, 0.6) is 0 Å². The molecule has 43 heavy (non-hydrogen) atoms. The number of nitrogens with zero attached hydrogens (tertiary/aromatic N) is 3. The fourth-order valence-corrected chi connectivity index (χ4v) is 6.27. The molecule has 10 nitrogen and oxygen atoms in total. The summed E-state index contributed by atoms with van der Waals surface area (Å²) in [6.07, 6.45) is 0.698. The molecule has 0 spiro atoms. The molecular weight excluding hydrogens is 546 g/mol. The van der Waals surface area contributed by atoms with E-state index in [2.05, 4.69) is 10.6 Å². The van der Waals surface area contributed by atoms with E-state index in [-0.39, 0.29) is 17.4 Å². The number of nitro benzene ring substituents is 1. The number of urea groups is 1. The van der Waals surface area contributed by atoms with Crippen LogP contribution in [0, 0.1) is 23.0 Å². The summed E-state index contributed by atoms with van der Waals surface area (Å²) in [4.78, 5) is 57.6. The number of ketones is 1. The molecule has 4 unspecified atom stereocenters. The third-order valence-electron chi connectivity index (χ3n) is 8.38. The van der Waals surface area contributed by atoms with Gasteiger partial charge in [-0.3, -0.25) is 19.7 Å². The number of non-ortho nitro benzene ring substituents is 1. The lowest BCUT2D eigenvalue weighted by Crippen LogP contribution is -2.56. The second-order valence-electron chi connectivity index (χ2n) is 11.1. The Morgan fingerprint density at radius 2 is 1.56 bits per heavy atom. The molecule has 2 N–H and O–H groups in total. The number of carbonyl (C=O) groups is 3. The van der Waals surface area contributed by atoms with E-state index in [1.165, 1.54) is 12.1 Å². The lowest BCUT2D eigenvalue weighted by Gasteiger charge is -2.36. The summed E-state index contributed by atoms with van der Waals surface area (Å²) in [5.74, 6) is -2.03. The van der Waals surface area contributed by atoms with E-state index in [4.69, 9.17) is 0 Å². The minimum absolute atomic E-state index is 0.0923. The summed E-state index contributed by atoms with van der Waals surface area (Å²) in [6, 6.07) is 20.4. The van der Waals surface area contributed by atoms with Gasteiger partial charge in [0.15, 0.2) is 5.78 Å². The van der Waals surface area contributed by atoms with E-state index in [0.717, 1.165) is 11.1 Å². The predicted molar refractivity (Wildman–Crippen MR) is 163 cm³/mol. The number of nitrogens with one attached hydrogen (secondary N) is 2. The monoisotopic (exact) mass is 583 g/mol. The number of rotatable bonds is 8. The summed E-state index contributed by atoms with van der Waals surface area (Å²) in [6.45, 7) is 6.51. The summed E-state index contributed by atoms with van der Waals surface area (Å²) < 4.78 is 0. The van der Waals surface area contributed by atoms with Crippen LogP contribution in [0.4, 0.5) is 10.5 Å². The normalized spacial score (nSPS) is 21.8. The molecule has 5 rings (SSSR count). The van der Waals surface area contributed by atoms with Gasteiger partial charge in [0.2, 0.25) is 5.91 Å². The lowest BCUT2D eigenvalue weighted by atomic mass is 9.75. The number of piperazine rings is 1. The van der Waals surface area contributed by atoms with Gasteiger partial charge in [-0.05, 0) is 24.5 Å². The highest BCUT2D eigenvalue weighted by molar-refractivity contribution is 6.01. The first-order valence-corrected chi connectivity index (χ1v) is 14.8. The average Bonchev–Trinajstić information content (AvgIpc) is 3.40. The Balaban J connectivity index is 1.75. The van der Waals surface area contributed by atoms with Gasteiger partial charge in [0.25, 0.3) is 5.69 Å². The minimum atomic E-state index is -1.01. The maximum Gasteiger partial charge on any atom is 0.318 e. The van der Waals surface area contributed by atoms with Crippen molar-refractivity contribution in [3.63, 3.8) is 0 Å². The van der Waals surface area contributed by atoms with Crippen LogP contribution in [0.1, 0.15) is 52.4 Å². The van der Waals surface area contributed by atoms with Crippen LogP contribution >= 0.6 is 0 Å². The van der Waals surface area contributed by atoms with Crippen LogP contribution in [0.15, 0.2) is 78.9 Å². The third-order valence-corrected chi connectivity index (χ3v) is 8.38. The van der Waals surface area contributed by atoms with Gasteiger partial charge in [0, 0.05) is 56.3 Å². The molecule has 10 heteroatoms. The van der Waals surface area contributed by atoms with Gasteiger partial charge in [0.05, 0.1) is 16.9 Å². The van der Waals surface area contributed by atoms with Gasteiger partial charge in [-0.25, -0.2) is 4.79 Å². The Labute approximate surface area is 251 Å². The van der Waals surface area contributed by atoms with E-state index in [1.54, 1.807) is 46.2 Å². The highest BCUT2D eigenvalue weighted by atomic mass is 16.6. The van der Waals surface area contributed by atoms with Gasteiger partial charge in [0.1, 0.15) is 6.04 Å². The van der Waals surface area contributed by atoms with E-state index in [0.29, 0.717) is 50.3 Å². The van der Waals surface area contributed by atoms with Crippen molar-refractivity contribution in [3.05, 3.63) is 111 Å². The highest BCUT2D eigenvalue weighted by Gasteiger charge is 2.58. The van der Waals surface area contributed by atoms with Crippen LogP contribution in [-0.4, -0.2) is 71.2 Å². The number of Topliss-reactive ketones (excluding diaryl/α,β-unsaturated/α-hetero) is 1. The van der Waals surface area contributed by atoms with Gasteiger partial charge < -0.3 is 20.4 Å². The zero-order valence-electron chi connectivity index (χ0n) is 24.4. The number of amides is 3. The molecule has 3 amide bonds. The van der Waals surface area contributed by atoms with Crippen molar-refractivity contribution >= 4 is 23.4 Å². The molecule has 3 aromatic rings. The Hall–Kier alpha value is -4.57. The summed E-state index contributed by atoms with van der Waals surface area (Å²) >= 11 is 0. The minimum Gasteiger partial charge on any atom is -0.338 e. The van der Waals surface area contributed by atoms with Crippen molar-refractivity contribution < 1.29 is 19.3 Å². The Kier molecular flexibility index (Phi) is 9.16. The molecule has 2 saturated heterocycles. The number of likely N-dealkylation sites (tertiary alicyclic amines) is 1. The quantitative estimate of drug-likeness (QED) is 0.229. The van der Waals surface area contributed by atoms with Crippen molar-refractivity contribution in [1.82, 2.24) is 20.4 Å². The highest BCUT2D eigenvalue weighted by Crippen LogP contribution is 2.52. The van der Waals surface area contributed by atoms with Crippen molar-refractivity contribution in [2.75, 3.05) is 32.7 Å². The largest absolute Gasteiger partial charge is 0.338 e. The predicted octanol–water partition coefficient (Wildman–Crippen LogP) is 4.46. The molecule has 0 aliphatic carbocycles. The van der Waals surface area contributed by atoms with Crippen LogP contribution in [0.2, 0.25) is 0 Å². The summed E-state index contributed by atoms with van der Waals surface area (Å²) in [5, 5.41) is 17.7. The topological polar surface area (TPSA) is 125 Å². The van der Waals surface area contributed by atoms with Crippen molar-refractivity contribution in [2.45, 2.75) is 38.3 Å². The molecule has 224 valence electrons. The SMILES string of the molecule is CCCNC(=O)N1C(C(=O)N2CCNCC2)C(c2ccc([N+](=O)[O-])cc2)C(C(=O)c2ccccc2)C1c1ccc(C)cc1. The van der Waals surface area contributed by atoms with E-state index >= 15 is 0 Å². The molecule has 2 aliphatic rings. The van der Waals surface area contributed by atoms with Crippen LogP contribution in [-0.2, 0) is 4.79 Å². The number of benzene rings is 3. The first kappa shape index (κ1) is 29.9. The van der Waals surface area contributed by atoms with Gasteiger partial charge in [-0.1, -0.05) is 79.2 Å². The Morgan fingerprint density at radius 3 is 2.16 bits per heavy atom. The summed E-state index contributed by atoms with van der Waals surface area (Å²) in [5.41, 5.74) is 2.74. The molecule has 0 aromatic heterocycles. The molecule has 0 radical (unpaired) electrons. The fourth-order valence-electron chi connectivity index (χ4n) is 6.27. The molecular formula is C33H37N5O5. The second kappa shape index (κ2) is 13.2. The zero-order chi connectivity index (χ0) is 30.5. The fraction of sp³-hybridized carbons (Fsp3) is 0.364. The first-order chi connectivity index (χ1) is 20.8. The Morgan fingerprint density at radius 1 is 0.930 bits per heavy atom. The smallest absolute Gasteiger partial charge is 0.318 e. The third kappa shape index (κ3) is 6.15. The maximum atomic E-state index is 14.6. The van der Waals surface area contributed by atoms with Crippen LogP contribution < -0.4 is 10.6 Å². The van der Waals surface area contributed by atoms with Crippen molar-refractivity contribution in [1.29, 1.82) is 0 Å². The van der Waals surface area contributed by atoms with Crippen LogP contribution in [0.3, 0.4) is 0 Å². The first-order valence-electron chi connectivity index (χ1n) is 14.8. The zero-order valence-corrected chi connectivity index (χ0v) is 24.4. The second-order valence-corrected chi connectivity index (χ2v) is 11.1. The Bertz CT molecular complexity index is 1460. The molecule has 0 bridgehead atoms. The molecule has 3 aromatic carbocycles. The maximum absolute atomic E-state index is 14.6. The molecule has 0 saturated carbocycles. The number of carbonyl (C=O) groups excluding carboxylic acids is 3. The molecule has 2 heterocycles. The number of nitro groups is 1. The molecule has 4 atom stereocenters. The van der Waals surface area contributed by atoms with Gasteiger partial charge in [-0.2, -0.15) is 0 Å². The summed E-state index contributed by atoms with van der Waals surface area (Å²) in [7, 11) is 0. The van der Waals surface area contributed by atoms with E-state index in [9.17, 15) is 24.5 Å². The van der Waals surface area contributed by atoms with Crippen LogP contribution in [0.25, 0.3) is 0 Å². The number of aryl methyl sites for hydroxylation is 1. The average molecular weight is 584 g/mol. The van der Waals surface area contributed by atoms with Gasteiger partial charge >= 0.3 is 6.03 Å². The van der Waals surface area contributed by atoms with Gasteiger partial charge in [-0.15, -0.1) is 0 Å². The van der Waals surface area contributed by atoms with Crippen molar-refractivity contribution in [2.24, 2.45) is 5.92 Å². The lowest BCUT2D eigenvalue weighted by molar-refractivity contribution is -0.384. The standard InChI is InChI=1S/C33H37N5O5/c1-3-17-35-33(41)37-29(24-11-9-22(2)10-12-24)28(31(39)25-7-5-4-6-8-25)27(23-13-15-26(16-14-23)38(42)43)30(37)32(40)36-20-18-34-19-21-36/h4-16,27-30,34H,3,17-21H2,1-2H3,(H,35,41). The number of hydrogen-bond acceptors (Lipinski definition) is 6. The number of hydrogen-bond donors (Lipinski definition) is 2. The van der Waals surface area contributed by atoms with E-state index < -0.39 is 34.9 Å². The van der Waals surface area contributed by atoms with Crippen molar-refractivity contribution in [3.8, 4) is 0 Å². The van der Waals surface area contributed by atoms with E-state index in [1.807, 2.05) is 44.2 Å².